The number of hydrogen-bond donors (Lipinski definition) is 1. The summed E-state index contributed by atoms with van der Waals surface area (Å²) in [5.41, 5.74) is 1.21. The zero-order valence-electron chi connectivity index (χ0n) is 14.8. The van der Waals surface area contributed by atoms with E-state index < -0.39 is 0 Å². The molecule has 2 fully saturated rings. The molecule has 1 aromatic heterocycles. The maximum absolute atomic E-state index is 14.2. The number of aryl methyl sites for hydroxylation is 1. The number of amides is 2. The molecule has 1 saturated carbocycles. The smallest absolute Gasteiger partial charge is 0.322 e. The Balaban J connectivity index is 1.49. The number of halogens is 1. The quantitative estimate of drug-likeness (QED) is 0.878. The molecule has 26 heavy (non-hydrogen) atoms. The Hall–Kier alpha value is -2.34. The first-order valence-corrected chi connectivity index (χ1v) is 9.19. The number of hydrogen-bond acceptors (Lipinski definition) is 3. The second kappa shape index (κ2) is 7.11. The molecule has 1 aromatic carbocycles. The normalized spacial score (nSPS) is 20.2. The number of ether oxygens (including phenoxy) is 1. The van der Waals surface area contributed by atoms with E-state index in [4.69, 9.17) is 9.15 Å². The molecule has 138 valence electrons. The van der Waals surface area contributed by atoms with Gasteiger partial charge in [-0.1, -0.05) is 13.0 Å². The van der Waals surface area contributed by atoms with Crippen molar-refractivity contribution in [3.63, 3.8) is 0 Å². The average molecular weight is 358 g/mol. The van der Waals surface area contributed by atoms with E-state index in [0.29, 0.717) is 37.1 Å². The van der Waals surface area contributed by atoms with Crippen LogP contribution in [0.15, 0.2) is 34.7 Å². The largest absolute Gasteiger partial charge is 0.464 e. The molecular weight excluding hydrogens is 335 g/mol. The second-order valence-corrected chi connectivity index (χ2v) is 6.88. The number of morpholine rings is 1. The summed E-state index contributed by atoms with van der Waals surface area (Å²) in [5, 5.41) is 2.81. The number of nitrogens with one attached hydrogen (secondary N) is 1. The van der Waals surface area contributed by atoms with E-state index in [1.165, 1.54) is 6.07 Å². The Morgan fingerprint density at radius 1 is 1.31 bits per heavy atom. The van der Waals surface area contributed by atoms with Crippen LogP contribution in [-0.4, -0.2) is 30.7 Å². The van der Waals surface area contributed by atoms with Crippen molar-refractivity contribution in [2.45, 2.75) is 38.1 Å². The number of carbonyl (C=O) groups is 1. The van der Waals surface area contributed by atoms with Crippen LogP contribution in [-0.2, 0) is 11.2 Å². The van der Waals surface area contributed by atoms with Gasteiger partial charge in [0.15, 0.2) is 0 Å². The first-order valence-electron chi connectivity index (χ1n) is 9.19. The molecule has 5 nitrogen and oxygen atoms in total. The molecule has 0 radical (unpaired) electrons. The van der Waals surface area contributed by atoms with Crippen LogP contribution in [0.2, 0.25) is 0 Å². The maximum Gasteiger partial charge on any atom is 0.322 e. The third-order valence-electron chi connectivity index (χ3n) is 5.02. The van der Waals surface area contributed by atoms with Gasteiger partial charge < -0.3 is 19.4 Å². The third kappa shape index (κ3) is 3.46. The molecule has 2 aliphatic rings. The van der Waals surface area contributed by atoms with Crippen molar-refractivity contribution in [2.75, 3.05) is 25.1 Å². The predicted octanol–water partition coefficient (Wildman–Crippen LogP) is 4.46. The Morgan fingerprint density at radius 3 is 2.85 bits per heavy atom. The minimum absolute atomic E-state index is 0.248. The van der Waals surface area contributed by atoms with E-state index in [1.54, 1.807) is 17.0 Å². The van der Waals surface area contributed by atoms with Gasteiger partial charge in [-0.15, -0.1) is 0 Å². The van der Waals surface area contributed by atoms with Crippen molar-refractivity contribution in [1.29, 1.82) is 0 Å². The fourth-order valence-electron chi connectivity index (χ4n) is 3.37. The van der Waals surface area contributed by atoms with Crippen molar-refractivity contribution >= 4 is 11.7 Å². The Labute approximate surface area is 152 Å². The highest BCUT2D eigenvalue weighted by molar-refractivity contribution is 5.89. The fraction of sp³-hybridized carbons (Fsp3) is 0.450. The monoisotopic (exact) mass is 358 g/mol. The van der Waals surface area contributed by atoms with Crippen LogP contribution in [0.25, 0.3) is 0 Å². The number of furan rings is 1. The lowest BCUT2D eigenvalue weighted by atomic mass is 10.1. The van der Waals surface area contributed by atoms with Crippen LogP contribution >= 0.6 is 0 Å². The SMILES string of the molecule is CCc1ccc([C@@H]2COCCN2C(=O)Nc2ccc(C3CC3)c(F)c2)o1. The van der Waals surface area contributed by atoms with E-state index in [2.05, 4.69) is 5.32 Å². The van der Waals surface area contributed by atoms with E-state index in [-0.39, 0.29) is 17.9 Å². The van der Waals surface area contributed by atoms with Crippen molar-refractivity contribution in [2.24, 2.45) is 0 Å². The lowest BCUT2D eigenvalue weighted by Gasteiger charge is -2.34. The second-order valence-electron chi connectivity index (χ2n) is 6.88. The van der Waals surface area contributed by atoms with Gasteiger partial charge in [0.1, 0.15) is 23.4 Å². The highest BCUT2D eigenvalue weighted by Crippen LogP contribution is 2.41. The molecule has 0 bridgehead atoms. The van der Waals surface area contributed by atoms with Crippen molar-refractivity contribution in [1.82, 2.24) is 4.90 Å². The molecule has 0 spiro atoms. The third-order valence-corrected chi connectivity index (χ3v) is 5.02. The number of rotatable bonds is 4. The standard InChI is InChI=1S/C20H23FN2O3/c1-2-15-6-8-19(26-15)18-12-25-10-9-23(18)20(24)22-14-5-7-16(13-3-4-13)17(21)11-14/h5-8,11,13,18H,2-4,9-10,12H2,1H3,(H,22,24)/t18-/m0/s1. The average Bonchev–Trinajstić information content (AvgIpc) is 3.38. The summed E-state index contributed by atoms with van der Waals surface area (Å²) in [5.74, 6) is 1.69. The van der Waals surface area contributed by atoms with Gasteiger partial charge in [0.25, 0.3) is 0 Å². The molecule has 2 aromatic rings. The van der Waals surface area contributed by atoms with E-state index >= 15 is 0 Å². The molecule has 1 aliphatic heterocycles. The Kier molecular flexibility index (Phi) is 4.68. The van der Waals surface area contributed by atoms with Gasteiger partial charge >= 0.3 is 6.03 Å². The summed E-state index contributed by atoms with van der Waals surface area (Å²) < 4.78 is 25.6. The first kappa shape index (κ1) is 17.1. The molecule has 1 aliphatic carbocycles. The molecule has 1 atom stereocenters. The van der Waals surface area contributed by atoms with Crippen LogP contribution in [0.4, 0.5) is 14.9 Å². The highest BCUT2D eigenvalue weighted by atomic mass is 19.1. The lowest BCUT2D eigenvalue weighted by molar-refractivity contribution is 0.00701. The Morgan fingerprint density at radius 2 is 2.15 bits per heavy atom. The molecule has 4 rings (SSSR count). The molecule has 6 heteroatoms. The van der Waals surface area contributed by atoms with Crippen molar-refractivity contribution in [3.05, 3.63) is 53.2 Å². The molecule has 2 heterocycles. The number of nitrogens with zero attached hydrogens (tertiary/aromatic N) is 1. The highest BCUT2D eigenvalue weighted by Gasteiger charge is 2.31. The van der Waals surface area contributed by atoms with Crippen LogP contribution in [0, 0.1) is 5.82 Å². The van der Waals surface area contributed by atoms with Gasteiger partial charge in [0, 0.05) is 18.7 Å². The lowest BCUT2D eigenvalue weighted by Crippen LogP contribution is -2.45. The van der Waals surface area contributed by atoms with Gasteiger partial charge in [0.05, 0.1) is 13.2 Å². The van der Waals surface area contributed by atoms with E-state index in [0.717, 1.165) is 30.6 Å². The molecule has 2 amide bonds. The molecular formula is C20H23FN2O3. The molecule has 0 unspecified atom stereocenters. The van der Waals surface area contributed by atoms with Crippen LogP contribution in [0.3, 0.4) is 0 Å². The van der Waals surface area contributed by atoms with E-state index in [9.17, 15) is 9.18 Å². The number of urea groups is 1. The number of benzene rings is 1. The topological polar surface area (TPSA) is 54.7 Å². The summed E-state index contributed by atoms with van der Waals surface area (Å²) in [7, 11) is 0. The summed E-state index contributed by atoms with van der Waals surface area (Å²) >= 11 is 0. The summed E-state index contributed by atoms with van der Waals surface area (Å²) in [4.78, 5) is 14.5. The predicted molar refractivity (Wildman–Crippen MR) is 95.7 cm³/mol. The van der Waals surface area contributed by atoms with Gasteiger partial charge in [-0.05, 0) is 48.6 Å². The minimum Gasteiger partial charge on any atom is -0.464 e. The van der Waals surface area contributed by atoms with Crippen LogP contribution < -0.4 is 5.32 Å². The van der Waals surface area contributed by atoms with Crippen LogP contribution in [0.1, 0.15) is 48.8 Å². The number of anilines is 1. The molecule has 1 N–H and O–H groups in total. The zero-order chi connectivity index (χ0) is 18.1. The van der Waals surface area contributed by atoms with Gasteiger partial charge in [0.2, 0.25) is 0 Å². The summed E-state index contributed by atoms with van der Waals surface area (Å²) in [6.45, 7) is 3.34. The van der Waals surface area contributed by atoms with E-state index in [1.807, 2.05) is 19.1 Å². The Bertz CT molecular complexity index is 800. The molecule has 1 saturated heterocycles. The summed E-state index contributed by atoms with van der Waals surface area (Å²) in [6, 6.07) is 8.22. The summed E-state index contributed by atoms with van der Waals surface area (Å²) in [6.07, 6.45) is 2.88. The van der Waals surface area contributed by atoms with Gasteiger partial charge in [-0.3, -0.25) is 0 Å². The first-order chi connectivity index (χ1) is 12.7. The van der Waals surface area contributed by atoms with Crippen molar-refractivity contribution in [3.8, 4) is 0 Å². The van der Waals surface area contributed by atoms with Gasteiger partial charge in [-0.25, -0.2) is 9.18 Å². The number of carbonyl (C=O) groups excluding carboxylic acids is 1. The fourth-order valence-corrected chi connectivity index (χ4v) is 3.37. The minimum atomic E-state index is -0.278. The van der Waals surface area contributed by atoms with Crippen molar-refractivity contribution < 1.29 is 18.3 Å². The van der Waals surface area contributed by atoms with Gasteiger partial charge in [-0.2, -0.15) is 0 Å². The van der Waals surface area contributed by atoms with Crippen LogP contribution in [0.5, 0.6) is 0 Å². The zero-order valence-corrected chi connectivity index (χ0v) is 14.8. The maximum atomic E-state index is 14.2.